The number of rotatable bonds is 4. The summed E-state index contributed by atoms with van der Waals surface area (Å²) >= 11 is 7.52. The van der Waals surface area contributed by atoms with E-state index in [1.165, 1.54) is 11.3 Å². The maximum absolute atomic E-state index is 12.6. The number of carbonyl (C=O) groups is 1. The van der Waals surface area contributed by atoms with Gasteiger partial charge in [-0.1, -0.05) is 17.7 Å². The summed E-state index contributed by atoms with van der Waals surface area (Å²) in [5, 5.41) is 15.5. The fourth-order valence-electron chi connectivity index (χ4n) is 2.78. The summed E-state index contributed by atoms with van der Waals surface area (Å²) in [6.07, 6.45) is 3.34. The summed E-state index contributed by atoms with van der Waals surface area (Å²) < 4.78 is 2.00. The lowest BCUT2D eigenvalue weighted by Crippen LogP contribution is -2.14. The standard InChI is InChI=1S/C20H17ClN4OS/c1-12-4-5-17(21)10-18(12)24-19(26)16(11-22)9-15-8-13(2)25(14(15)3)20-23-6-7-27-20/h4-10H,1-3H3,(H,24,26)/b16-9+. The van der Waals surface area contributed by atoms with E-state index in [0.29, 0.717) is 10.7 Å². The highest BCUT2D eigenvalue weighted by Crippen LogP contribution is 2.25. The van der Waals surface area contributed by atoms with Gasteiger partial charge >= 0.3 is 0 Å². The lowest BCUT2D eigenvalue weighted by Gasteiger charge is -2.08. The minimum absolute atomic E-state index is 0.0220. The number of carbonyl (C=O) groups excluding carboxylic acids is 1. The highest BCUT2D eigenvalue weighted by molar-refractivity contribution is 7.12. The van der Waals surface area contributed by atoms with Gasteiger partial charge in [0.1, 0.15) is 11.6 Å². The SMILES string of the molecule is Cc1ccc(Cl)cc1NC(=O)/C(C#N)=C/c1cc(C)n(-c2nccs2)c1C. The van der Waals surface area contributed by atoms with Crippen LogP contribution in [0.25, 0.3) is 11.2 Å². The number of aromatic nitrogens is 2. The first-order chi connectivity index (χ1) is 12.9. The van der Waals surface area contributed by atoms with E-state index in [2.05, 4.69) is 10.3 Å². The molecule has 0 fully saturated rings. The summed E-state index contributed by atoms with van der Waals surface area (Å²) in [7, 11) is 0. The van der Waals surface area contributed by atoms with E-state index in [1.807, 2.05) is 48.9 Å². The van der Waals surface area contributed by atoms with E-state index in [9.17, 15) is 10.1 Å². The van der Waals surface area contributed by atoms with Gasteiger partial charge in [0.2, 0.25) is 0 Å². The number of nitrogens with one attached hydrogen (secondary N) is 1. The summed E-state index contributed by atoms with van der Waals surface area (Å²) in [4.78, 5) is 16.9. The van der Waals surface area contributed by atoms with Crippen LogP contribution in [0.3, 0.4) is 0 Å². The van der Waals surface area contributed by atoms with Crippen molar-refractivity contribution < 1.29 is 4.79 Å². The first-order valence-corrected chi connectivity index (χ1v) is 9.44. The zero-order valence-electron chi connectivity index (χ0n) is 15.1. The Morgan fingerprint density at radius 3 is 2.78 bits per heavy atom. The van der Waals surface area contributed by atoms with Gasteiger partial charge in [0.15, 0.2) is 5.13 Å². The van der Waals surface area contributed by atoms with Gasteiger partial charge < -0.3 is 5.32 Å². The van der Waals surface area contributed by atoms with E-state index < -0.39 is 5.91 Å². The Morgan fingerprint density at radius 1 is 1.33 bits per heavy atom. The van der Waals surface area contributed by atoms with Crippen molar-refractivity contribution >= 4 is 40.6 Å². The molecule has 5 nitrogen and oxygen atoms in total. The molecule has 0 saturated carbocycles. The van der Waals surface area contributed by atoms with Crippen LogP contribution in [0.4, 0.5) is 5.69 Å². The molecular weight excluding hydrogens is 380 g/mol. The third-order valence-corrected chi connectivity index (χ3v) is 5.19. The average Bonchev–Trinajstić information content (AvgIpc) is 3.24. The van der Waals surface area contributed by atoms with Crippen molar-refractivity contribution in [2.24, 2.45) is 0 Å². The second-order valence-corrected chi connectivity index (χ2v) is 7.37. The van der Waals surface area contributed by atoms with Gasteiger partial charge in [-0.2, -0.15) is 5.26 Å². The fraction of sp³-hybridized carbons (Fsp3) is 0.150. The molecule has 0 atom stereocenters. The summed E-state index contributed by atoms with van der Waals surface area (Å²) in [6.45, 7) is 5.77. The van der Waals surface area contributed by atoms with E-state index in [1.54, 1.807) is 24.4 Å². The molecule has 3 rings (SSSR count). The number of halogens is 1. The molecule has 1 N–H and O–H groups in total. The van der Waals surface area contributed by atoms with Crippen LogP contribution in [0.5, 0.6) is 0 Å². The van der Waals surface area contributed by atoms with Gasteiger partial charge in [-0.15, -0.1) is 11.3 Å². The highest BCUT2D eigenvalue weighted by Gasteiger charge is 2.15. The molecule has 0 spiro atoms. The number of hydrogen-bond donors (Lipinski definition) is 1. The first kappa shape index (κ1) is 18.9. The van der Waals surface area contributed by atoms with Crippen LogP contribution in [-0.4, -0.2) is 15.5 Å². The lowest BCUT2D eigenvalue weighted by molar-refractivity contribution is -0.112. The van der Waals surface area contributed by atoms with Gasteiger partial charge in [0.25, 0.3) is 5.91 Å². The number of anilines is 1. The number of hydrogen-bond acceptors (Lipinski definition) is 4. The first-order valence-electron chi connectivity index (χ1n) is 8.19. The van der Waals surface area contributed by atoms with E-state index in [4.69, 9.17) is 11.6 Å². The van der Waals surface area contributed by atoms with E-state index in [0.717, 1.165) is 27.6 Å². The average molecular weight is 397 g/mol. The largest absolute Gasteiger partial charge is 0.321 e. The maximum atomic E-state index is 12.6. The molecule has 3 aromatic rings. The quantitative estimate of drug-likeness (QED) is 0.495. The monoisotopic (exact) mass is 396 g/mol. The molecule has 1 amide bonds. The van der Waals surface area contributed by atoms with Crippen molar-refractivity contribution in [3.05, 3.63) is 69.0 Å². The van der Waals surface area contributed by atoms with Crippen molar-refractivity contribution in [1.29, 1.82) is 5.26 Å². The van der Waals surface area contributed by atoms with Crippen molar-refractivity contribution in [2.75, 3.05) is 5.32 Å². The Kier molecular flexibility index (Phi) is 5.45. The van der Waals surface area contributed by atoms with Crippen LogP contribution in [0.15, 0.2) is 41.4 Å². The second-order valence-electron chi connectivity index (χ2n) is 6.06. The van der Waals surface area contributed by atoms with Gasteiger partial charge in [0.05, 0.1) is 0 Å². The number of thiazole rings is 1. The smallest absolute Gasteiger partial charge is 0.266 e. The third kappa shape index (κ3) is 3.95. The molecule has 0 bridgehead atoms. The molecule has 1 aromatic carbocycles. The lowest BCUT2D eigenvalue weighted by atomic mass is 10.1. The van der Waals surface area contributed by atoms with Crippen LogP contribution >= 0.6 is 22.9 Å². The van der Waals surface area contributed by atoms with Crippen LogP contribution in [0.2, 0.25) is 5.02 Å². The topological polar surface area (TPSA) is 70.7 Å². The number of amides is 1. The summed E-state index contributed by atoms with van der Waals surface area (Å²) in [5.74, 6) is -0.470. The number of nitriles is 1. The zero-order valence-corrected chi connectivity index (χ0v) is 16.6. The van der Waals surface area contributed by atoms with Crippen molar-refractivity contribution in [3.8, 4) is 11.2 Å². The molecule has 136 valence electrons. The summed E-state index contributed by atoms with van der Waals surface area (Å²) in [5.41, 5.74) is 4.18. The summed E-state index contributed by atoms with van der Waals surface area (Å²) in [6, 6.07) is 9.16. The molecule has 0 aliphatic carbocycles. The van der Waals surface area contributed by atoms with Crippen LogP contribution < -0.4 is 5.32 Å². The Balaban J connectivity index is 1.93. The third-order valence-electron chi connectivity index (χ3n) is 4.19. The zero-order chi connectivity index (χ0) is 19.6. The number of aryl methyl sites for hydroxylation is 2. The van der Waals surface area contributed by atoms with Gasteiger partial charge in [-0.25, -0.2) is 4.98 Å². The number of benzene rings is 1. The van der Waals surface area contributed by atoms with Crippen molar-refractivity contribution in [2.45, 2.75) is 20.8 Å². The van der Waals surface area contributed by atoms with Crippen LogP contribution in [-0.2, 0) is 4.79 Å². The Bertz CT molecular complexity index is 1070. The van der Waals surface area contributed by atoms with E-state index in [-0.39, 0.29) is 5.57 Å². The van der Waals surface area contributed by atoms with Crippen LogP contribution in [0.1, 0.15) is 22.5 Å². The molecular formula is C20H17ClN4OS. The minimum atomic E-state index is -0.470. The molecule has 0 unspecified atom stereocenters. The molecule has 7 heteroatoms. The maximum Gasteiger partial charge on any atom is 0.266 e. The predicted octanol–water partition coefficient (Wildman–Crippen LogP) is 5.06. The van der Waals surface area contributed by atoms with Crippen molar-refractivity contribution in [1.82, 2.24) is 9.55 Å². The van der Waals surface area contributed by atoms with E-state index >= 15 is 0 Å². The normalized spacial score (nSPS) is 11.3. The molecule has 27 heavy (non-hydrogen) atoms. The predicted molar refractivity (Wildman–Crippen MR) is 109 cm³/mol. The van der Waals surface area contributed by atoms with Gasteiger partial charge in [-0.05, 0) is 56.2 Å². The minimum Gasteiger partial charge on any atom is -0.321 e. The van der Waals surface area contributed by atoms with Crippen molar-refractivity contribution in [3.63, 3.8) is 0 Å². The molecule has 0 aliphatic rings. The molecule has 0 aliphatic heterocycles. The van der Waals surface area contributed by atoms with Gasteiger partial charge in [-0.3, -0.25) is 9.36 Å². The molecule has 2 heterocycles. The van der Waals surface area contributed by atoms with Gasteiger partial charge in [0, 0.05) is 33.7 Å². The molecule has 0 saturated heterocycles. The Morgan fingerprint density at radius 2 is 2.11 bits per heavy atom. The second kappa shape index (κ2) is 7.78. The fourth-order valence-corrected chi connectivity index (χ4v) is 3.70. The molecule has 0 radical (unpaired) electrons. The Labute approximate surface area is 166 Å². The highest BCUT2D eigenvalue weighted by atomic mass is 35.5. The number of nitrogens with zero attached hydrogens (tertiary/aromatic N) is 3. The molecule has 2 aromatic heterocycles. The van der Waals surface area contributed by atoms with Crippen LogP contribution in [0, 0.1) is 32.1 Å². The Hall–Kier alpha value is -2.88.